The standard InChI is InChI=1S/C32H31FN8O3/c1-44-28-7-3-2-6-22(28)24-15-23(20-5-4-11-39(18-20)29(42)9-13-41-14-10-34-38-41)30(33)31-25(24)16-27(36-31)32(43)40-12-8-26-21(19-40)17-35-37-26/h2-3,5-7,10,14-17,36H,4,8-9,11-13,18-19H2,1H3,(H,35,37). The molecule has 5 aromatic rings. The smallest absolute Gasteiger partial charge is 0.270 e. The third-order valence-corrected chi connectivity index (χ3v) is 8.44. The molecule has 11 nitrogen and oxygen atoms in total. The molecule has 7 rings (SSSR count). The van der Waals surface area contributed by atoms with Gasteiger partial charge >= 0.3 is 0 Å². The first-order valence-corrected chi connectivity index (χ1v) is 14.6. The topological polar surface area (TPSA) is 125 Å². The lowest BCUT2D eigenvalue weighted by molar-refractivity contribution is -0.131. The number of H-pyrrole nitrogens is 2. The summed E-state index contributed by atoms with van der Waals surface area (Å²) in [6, 6.07) is 11.1. The molecule has 2 aromatic carbocycles. The summed E-state index contributed by atoms with van der Waals surface area (Å²) < 4.78 is 23.8. The van der Waals surface area contributed by atoms with Gasteiger partial charge in [0, 0.05) is 73.0 Å². The lowest BCUT2D eigenvalue weighted by Gasteiger charge is -2.28. The molecule has 2 amide bonds. The number of benzene rings is 2. The van der Waals surface area contributed by atoms with Crippen molar-refractivity contribution in [3.05, 3.63) is 89.4 Å². The number of amides is 2. The van der Waals surface area contributed by atoms with Crippen LogP contribution in [0.15, 0.2) is 61.1 Å². The Balaban J connectivity index is 1.25. The number of fused-ring (bicyclic) bond motifs is 2. The van der Waals surface area contributed by atoms with Crippen molar-refractivity contribution < 1.29 is 18.7 Å². The number of carbonyl (C=O) groups is 2. The summed E-state index contributed by atoms with van der Waals surface area (Å²) in [5.41, 5.74) is 5.17. The molecule has 0 radical (unpaired) electrons. The minimum Gasteiger partial charge on any atom is -0.496 e. The number of nitrogens with zero attached hydrogens (tertiary/aromatic N) is 6. The van der Waals surface area contributed by atoms with E-state index in [9.17, 15) is 9.59 Å². The predicted molar refractivity (Wildman–Crippen MR) is 161 cm³/mol. The van der Waals surface area contributed by atoms with Gasteiger partial charge in [0.15, 0.2) is 5.82 Å². The van der Waals surface area contributed by atoms with Crippen molar-refractivity contribution in [3.63, 3.8) is 0 Å². The van der Waals surface area contributed by atoms with Crippen LogP contribution in [0.2, 0.25) is 0 Å². The number of aromatic amines is 2. The molecule has 2 aliphatic heterocycles. The highest BCUT2D eigenvalue weighted by Gasteiger charge is 2.28. The molecule has 12 heteroatoms. The van der Waals surface area contributed by atoms with Crippen LogP contribution < -0.4 is 4.74 Å². The first kappa shape index (κ1) is 27.6. The molecule has 5 heterocycles. The Labute approximate surface area is 252 Å². The third-order valence-electron chi connectivity index (χ3n) is 8.44. The second-order valence-corrected chi connectivity index (χ2v) is 11.1. The van der Waals surface area contributed by atoms with E-state index in [1.165, 1.54) is 0 Å². The summed E-state index contributed by atoms with van der Waals surface area (Å²) in [6.07, 6.45) is 8.57. The monoisotopic (exact) mass is 594 g/mol. The van der Waals surface area contributed by atoms with Crippen LogP contribution in [0.3, 0.4) is 0 Å². The number of aromatic nitrogens is 6. The molecule has 0 atom stereocenters. The fourth-order valence-corrected chi connectivity index (χ4v) is 6.14. The number of rotatable bonds is 7. The minimum atomic E-state index is -0.461. The fourth-order valence-electron chi connectivity index (χ4n) is 6.14. The Hall–Kier alpha value is -5.26. The van der Waals surface area contributed by atoms with Crippen molar-refractivity contribution in [1.82, 2.24) is 40.0 Å². The quantitative estimate of drug-likeness (QED) is 0.291. The Morgan fingerprint density at radius 1 is 1.07 bits per heavy atom. The number of carbonyl (C=O) groups excluding carboxylic acids is 2. The molecule has 224 valence electrons. The van der Waals surface area contributed by atoms with Gasteiger partial charge in [-0.25, -0.2) is 4.39 Å². The highest BCUT2D eigenvalue weighted by Crippen LogP contribution is 2.40. The Bertz CT molecular complexity index is 1890. The van der Waals surface area contributed by atoms with Crippen LogP contribution in [0.4, 0.5) is 4.39 Å². The molecule has 2 aliphatic rings. The van der Waals surface area contributed by atoms with Gasteiger partial charge in [0.2, 0.25) is 5.91 Å². The maximum Gasteiger partial charge on any atom is 0.270 e. The average molecular weight is 595 g/mol. The van der Waals surface area contributed by atoms with E-state index in [0.717, 1.165) is 22.4 Å². The van der Waals surface area contributed by atoms with Crippen molar-refractivity contribution in [2.45, 2.75) is 32.4 Å². The molecule has 44 heavy (non-hydrogen) atoms. The van der Waals surface area contributed by atoms with Crippen LogP contribution in [0.5, 0.6) is 5.75 Å². The van der Waals surface area contributed by atoms with Gasteiger partial charge in [-0.3, -0.25) is 19.4 Å². The molecular weight excluding hydrogens is 563 g/mol. The average Bonchev–Trinajstić information content (AvgIpc) is 3.85. The zero-order valence-corrected chi connectivity index (χ0v) is 24.2. The van der Waals surface area contributed by atoms with Gasteiger partial charge in [0.25, 0.3) is 5.91 Å². The van der Waals surface area contributed by atoms with Crippen molar-refractivity contribution in [3.8, 4) is 16.9 Å². The van der Waals surface area contributed by atoms with Crippen molar-refractivity contribution in [2.75, 3.05) is 26.7 Å². The van der Waals surface area contributed by atoms with Crippen LogP contribution in [0.25, 0.3) is 27.6 Å². The van der Waals surface area contributed by atoms with E-state index in [2.05, 4.69) is 25.5 Å². The van der Waals surface area contributed by atoms with E-state index in [4.69, 9.17) is 4.74 Å². The maximum atomic E-state index is 16.5. The summed E-state index contributed by atoms with van der Waals surface area (Å²) in [5, 5.41) is 15.4. The molecule has 0 aliphatic carbocycles. The highest BCUT2D eigenvalue weighted by molar-refractivity contribution is 6.05. The van der Waals surface area contributed by atoms with Crippen LogP contribution in [0.1, 0.15) is 40.2 Å². The maximum absolute atomic E-state index is 16.5. The Morgan fingerprint density at radius 2 is 1.95 bits per heavy atom. The first-order chi connectivity index (χ1) is 21.5. The Kier molecular flexibility index (Phi) is 7.17. The van der Waals surface area contributed by atoms with Gasteiger partial charge in [-0.1, -0.05) is 29.5 Å². The molecule has 2 N–H and O–H groups in total. The van der Waals surface area contributed by atoms with Gasteiger partial charge in [-0.15, -0.1) is 5.10 Å². The number of para-hydroxylation sites is 1. The zero-order valence-electron chi connectivity index (χ0n) is 24.2. The van der Waals surface area contributed by atoms with Gasteiger partial charge in [0.1, 0.15) is 11.4 Å². The lowest BCUT2D eigenvalue weighted by Crippen LogP contribution is -2.36. The number of halogens is 1. The largest absolute Gasteiger partial charge is 0.496 e. The number of nitrogens with one attached hydrogen (secondary N) is 2. The van der Waals surface area contributed by atoms with Crippen LogP contribution in [-0.4, -0.2) is 78.5 Å². The second kappa shape index (κ2) is 11.4. The van der Waals surface area contributed by atoms with Crippen molar-refractivity contribution in [2.24, 2.45) is 0 Å². The van der Waals surface area contributed by atoms with E-state index < -0.39 is 5.82 Å². The van der Waals surface area contributed by atoms with Gasteiger partial charge in [-0.05, 0) is 35.8 Å². The third kappa shape index (κ3) is 5.01. The summed E-state index contributed by atoms with van der Waals surface area (Å²) in [7, 11) is 1.60. The number of aryl methyl sites for hydroxylation is 1. The van der Waals surface area contributed by atoms with E-state index in [1.807, 2.05) is 36.4 Å². The van der Waals surface area contributed by atoms with Gasteiger partial charge < -0.3 is 19.5 Å². The lowest BCUT2D eigenvalue weighted by atomic mass is 9.93. The predicted octanol–water partition coefficient (Wildman–Crippen LogP) is 4.20. The van der Waals surface area contributed by atoms with Crippen molar-refractivity contribution >= 4 is 28.3 Å². The molecule has 0 bridgehead atoms. The zero-order chi connectivity index (χ0) is 30.2. The van der Waals surface area contributed by atoms with Crippen molar-refractivity contribution in [1.29, 1.82) is 0 Å². The van der Waals surface area contributed by atoms with E-state index >= 15 is 4.39 Å². The molecule has 0 saturated heterocycles. The molecule has 0 saturated carbocycles. The number of methoxy groups -OCH3 is 1. The van der Waals surface area contributed by atoms with Crippen LogP contribution in [0, 0.1) is 5.82 Å². The van der Waals surface area contributed by atoms with Crippen LogP contribution >= 0.6 is 0 Å². The fraction of sp³-hybridized carbons (Fsp3) is 0.281. The Morgan fingerprint density at radius 3 is 2.80 bits per heavy atom. The SMILES string of the molecule is COc1ccccc1-c1cc(C2=CCCN(C(=O)CCn3ccnn3)C2)c(F)c2[nH]c(C(=O)N3CCc4[nH]ncc4C3)cc12. The molecular formula is C32H31FN8O3. The van der Waals surface area contributed by atoms with Gasteiger partial charge in [0.05, 0.1) is 31.6 Å². The number of hydrogen-bond donors (Lipinski definition) is 2. The van der Waals surface area contributed by atoms with Crippen LogP contribution in [-0.2, 0) is 24.3 Å². The molecule has 3 aromatic heterocycles. The minimum absolute atomic E-state index is 0.0346. The summed E-state index contributed by atoms with van der Waals surface area (Å²) >= 11 is 0. The first-order valence-electron chi connectivity index (χ1n) is 14.6. The second-order valence-electron chi connectivity index (χ2n) is 11.1. The molecule has 0 spiro atoms. The summed E-state index contributed by atoms with van der Waals surface area (Å²) in [4.78, 5) is 33.4. The summed E-state index contributed by atoms with van der Waals surface area (Å²) in [5.74, 6) is -0.0725. The molecule has 0 unspecified atom stereocenters. The number of ether oxygens (including phenoxy) is 1. The molecule has 0 fully saturated rings. The summed E-state index contributed by atoms with van der Waals surface area (Å²) in [6.45, 7) is 2.21. The highest BCUT2D eigenvalue weighted by atomic mass is 19.1. The van der Waals surface area contributed by atoms with E-state index in [0.29, 0.717) is 67.0 Å². The number of hydrogen-bond acceptors (Lipinski definition) is 6. The van der Waals surface area contributed by atoms with E-state index in [1.54, 1.807) is 46.2 Å². The normalized spacial score (nSPS) is 14.9. The van der Waals surface area contributed by atoms with Gasteiger partial charge in [-0.2, -0.15) is 5.10 Å². The van der Waals surface area contributed by atoms with E-state index in [-0.39, 0.29) is 30.3 Å².